The highest BCUT2D eigenvalue weighted by atomic mass is 35.5. The Bertz CT molecular complexity index is 506. The average molecular weight is 250 g/mol. The van der Waals surface area contributed by atoms with Gasteiger partial charge < -0.3 is 4.57 Å². The first kappa shape index (κ1) is 12.3. The van der Waals surface area contributed by atoms with Gasteiger partial charge in [-0.1, -0.05) is 0 Å². The summed E-state index contributed by atoms with van der Waals surface area (Å²) in [5.74, 6) is 0.0115. The third-order valence-corrected chi connectivity index (χ3v) is 4.93. The summed E-state index contributed by atoms with van der Waals surface area (Å²) in [4.78, 5) is 11.3. The van der Waals surface area contributed by atoms with Crippen LogP contribution in [0.1, 0.15) is 6.92 Å². The van der Waals surface area contributed by atoms with Crippen LogP contribution in [0.5, 0.6) is 0 Å². The molecule has 1 atom stereocenters. The van der Waals surface area contributed by atoms with Crippen LogP contribution in [0.15, 0.2) is 28.0 Å². The van der Waals surface area contributed by atoms with Gasteiger partial charge >= 0.3 is 0 Å². The number of halogens is 1. The van der Waals surface area contributed by atoms with Crippen molar-refractivity contribution in [2.75, 3.05) is 5.88 Å². The van der Waals surface area contributed by atoms with Crippen LogP contribution in [0.25, 0.3) is 0 Å². The summed E-state index contributed by atoms with van der Waals surface area (Å²) < 4.78 is 24.9. The zero-order chi connectivity index (χ0) is 11.6. The maximum Gasteiger partial charge on any atom is 0.251 e. The zero-order valence-corrected chi connectivity index (χ0v) is 10.0. The molecule has 1 aromatic rings. The molecule has 0 bridgehead atoms. The van der Waals surface area contributed by atoms with Gasteiger partial charge in [0, 0.05) is 25.2 Å². The molecule has 4 nitrogen and oxygen atoms in total. The SMILES string of the molecule is CC(CCl)S(=O)(=O)c1ccn(C)c(=O)c1. The van der Waals surface area contributed by atoms with Crippen molar-refractivity contribution in [3.05, 3.63) is 28.7 Å². The van der Waals surface area contributed by atoms with E-state index in [2.05, 4.69) is 0 Å². The van der Waals surface area contributed by atoms with Gasteiger partial charge in [0.2, 0.25) is 0 Å². The zero-order valence-electron chi connectivity index (χ0n) is 8.47. The number of alkyl halides is 1. The van der Waals surface area contributed by atoms with E-state index < -0.39 is 15.1 Å². The summed E-state index contributed by atoms with van der Waals surface area (Å²) in [6.07, 6.45) is 1.43. The maximum atomic E-state index is 11.8. The largest absolute Gasteiger partial charge is 0.319 e. The van der Waals surface area contributed by atoms with Crippen molar-refractivity contribution in [2.45, 2.75) is 17.1 Å². The fourth-order valence-corrected chi connectivity index (χ4v) is 2.67. The standard InChI is InChI=1S/C9H12ClNO3S/c1-7(6-10)15(13,14)8-3-4-11(2)9(12)5-8/h3-5,7H,6H2,1-2H3. The van der Waals surface area contributed by atoms with Gasteiger partial charge in [0.1, 0.15) is 0 Å². The molecule has 0 aliphatic rings. The quantitative estimate of drug-likeness (QED) is 0.744. The Labute approximate surface area is 93.4 Å². The van der Waals surface area contributed by atoms with Crippen molar-refractivity contribution in [3.8, 4) is 0 Å². The molecule has 1 unspecified atom stereocenters. The minimum absolute atomic E-state index is 0.0115. The number of pyridine rings is 1. The molecule has 0 spiro atoms. The normalized spacial score (nSPS) is 13.8. The van der Waals surface area contributed by atoms with Crippen molar-refractivity contribution >= 4 is 21.4 Å². The summed E-state index contributed by atoms with van der Waals surface area (Å²) >= 11 is 5.49. The lowest BCUT2D eigenvalue weighted by Gasteiger charge is -2.09. The predicted molar refractivity (Wildman–Crippen MR) is 59.1 cm³/mol. The molecule has 6 heteroatoms. The summed E-state index contributed by atoms with van der Waals surface area (Å²) in [7, 11) is -1.91. The molecule has 0 amide bonds. The second-order valence-corrected chi connectivity index (χ2v) is 6.00. The molecule has 0 radical (unpaired) electrons. The Balaban J connectivity index is 3.29. The van der Waals surface area contributed by atoms with Crippen molar-refractivity contribution in [1.29, 1.82) is 0 Å². The van der Waals surface area contributed by atoms with Crippen LogP contribution in [0.3, 0.4) is 0 Å². The van der Waals surface area contributed by atoms with Crippen molar-refractivity contribution in [1.82, 2.24) is 4.57 Å². The van der Waals surface area contributed by atoms with Crippen LogP contribution >= 0.6 is 11.6 Å². The van der Waals surface area contributed by atoms with Crippen LogP contribution in [-0.2, 0) is 16.9 Å². The first-order valence-corrected chi connectivity index (χ1v) is 6.44. The van der Waals surface area contributed by atoms with Crippen LogP contribution in [0.4, 0.5) is 0 Å². The Morgan fingerprint density at radius 2 is 2.13 bits per heavy atom. The molecule has 15 heavy (non-hydrogen) atoms. The lowest BCUT2D eigenvalue weighted by atomic mass is 10.5. The molecule has 0 aromatic carbocycles. The highest BCUT2D eigenvalue weighted by Crippen LogP contribution is 2.14. The van der Waals surface area contributed by atoms with Crippen LogP contribution in [-0.4, -0.2) is 24.1 Å². The number of aryl methyl sites for hydroxylation is 1. The van der Waals surface area contributed by atoms with Gasteiger partial charge in [0.25, 0.3) is 5.56 Å². The van der Waals surface area contributed by atoms with E-state index in [9.17, 15) is 13.2 Å². The lowest BCUT2D eigenvalue weighted by Crippen LogP contribution is -2.23. The Morgan fingerprint density at radius 3 is 2.60 bits per heavy atom. The summed E-state index contributed by atoms with van der Waals surface area (Å²) in [6.45, 7) is 1.51. The van der Waals surface area contributed by atoms with Crippen molar-refractivity contribution in [2.24, 2.45) is 7.05 Å². The molecule has 0 N–H and O–H groups in total. The van der Waals surface area contributed by atoms with Gasteiger partial charge in [0.05, 0.1) is 10.1 Å². The molecule has 0 aliphatic heterocycles. The molecule has 84 valence electrons. The van der Waals surface area contributed by atoms with Crippen LogP contribution < -0.4 is 5.56 Å². The van der Waals surface area contributed by atoms with Crippen LogP contribution in [0, 0.1) is 0 Å². The maximum absolute atomic E-state index is 11.8. The fraction of sp³-hybridized carbons (Fsp3) is 0.444. The van der Waals surface area contributed by atoms with Crippen molar-refractivity contribution in [3.63, 3.8) is 0 Å². The van der Waals surface area contributed by atoms with Gasteiger partial charge in [-0.3, -0.25) is 4.79 Å². The number of aromatic nitrogens is 1. The Hall–Kier alpha value is -0.810. The van der Waals surface area contributed by atoms with E-state index in [-0.39, 0.29) is 16.3 Å². The first-order valence-electron chi connectivity index (χ1n) is 4.36. The van der Waals surface area contributed by atoms with E-state index >= 15 is 0 Å². The molecule has 0 aliphatic carbocycles. The van der Waals surface area contributed by atoms with E-state index in [0.717, 1.165) is 6.07 Å². The topological polar surface area (TPSA) is 56.1 Å². The second-order valence-electron chi connectivity index (χ2n) is 3.32. The molecule has 1 rings (SSSR count). The monoisotopic (exact) mass is 249 g/mol. The number of hydrogen-bond donors (Lipinski definition) is 0. The molecular weight excluding hydrogens is 238 g/mol. The number of rotatable bonds is 3. The van der Waals surface area contributed by atoms with Gasteiger partial charge in [-0.25, -0.2) is 8.42 Å². The van der Waals surface area contributed by atoms with E-state index in [1.807, 2.05) is 0 Å². The van der Waals surface area contributed by atoms with Gasteiger partial charge in [-0.2, -0.15) is 0 Å². The highest BCUT2D eigenvalue weighted by molar-refractivity contribution is 7.92. The minimum Gasteiger partial charge on any atom is -0.319 e. The Kier molecular flexibility index (Phi) is 3.57. The molecular formula is C9H12ClNO3S. The molecule has 0 saturated heterocycles. The summed E-state index contributed by atoms with van der Waals surface area (Å²) in [6, 6.07) is 2.51. The van der Waals surface area contributed by atoms with E-state index in [4.69, 9.17) is 11.6 Å². The Morgan fingerprint density at radius 1 is 1.53 bits per heavy atom. The van der Waals surface area contributed by atoms with Crippen molar-refractivity contribution < 1.29 is 8.42 Å². The predicted octanol–water partition coefficient (Wildman–Crippen LogP) is 0.786. The van der Waals surface area contributed by atoms with Gasteiger partial charge in [-0.15, -0.1) is 11.6 Å². The van der Waals surface area contributed by atoms with E-state index in [1.165, 1.54) is 23.8 Å². The molecule has 1 aromatic heterocycles. The van der Waals surface area contributed by atoms with Crippen LogP contribution in [0.2, 0.25) is 0 Å². The third-order valence-electron chi connectivity index (χ3n) is 2.15. The van der Waals surface area contributed by atoms with Gasteiger partial charge in [-0.05, 0) is 13.0 Å². The highest BCUT2D eigenvalue weighted by Gasteiger charge is 2.22. The summed E-state index contributed by atoms with van der Waals surface area (Å²) in [5, 5.41) is -0.689. The number of hydrogen-bond acceptors (Lipinski definition) is 3. The first-order chi connectivity index (χ1) is 6.89. The van der Waals surface area contributed by atoms with E-state index in [0.29, 0.717) is 0 Å². The minimum atomic E-state index is -3.47. The molecule has 0 fully saturated rings. The number of sulfone groups is 1. The lowest BCUT2D eigenvalue weighted by molar-refractivity contribution is 0.587. The average Bonchev–Trinajstić information content (AvgIpc) is 2.20. The third kappa shape index (κ3) is 2.41. The summed E-state index contributed by atoms with van der Waals surface area (Å²) in [5.41, 5.74) is -0.349. The molecule has 0 saturated carbocycles. The molecule has 1 heterocycles. The number of nitrogens with zero attached hydrogens (tertiary/aromatic N) is 1. The smallest absolute Gasteiger partial charge is 0.251 e. The van der Waals surface area contributed by atoms with E-state index in [1.54, 1.807) is 7.05 Å². The van der Waals surface area contributed by atoms with Gasteiger partial charge in [0.15, 0.2) is 9.84 Å². The second kappa shape index (κ2) is 4.37. The fourth-order valence-electron chi connectivity index (χ4n) is 1.02.